The number of aromatic hydroxyl groups is 1. The molecular weight excluding hydrogens is 510 g/mol. The van der Waals surface area contributed by atoms with Gasteiger partial charge in [0, 0.05) is 41.1 Å². The van der Waals surface area contributed by atoms with Crippen molar-refractivity contribution in [2.75, 3.05) is 6.61 Å². The quantitative estimate of drug-likeness (QED) is 0.210. The summed E-state index contributed by atoms with van der Waals surface area (Å²) in [5.41, 5.74) is -1.85. The molecule has 5 atom stereocenters. The molecule has 0 radical (unpaired) electrons. The van der Waals surface area contributed by atoms with E-state index in [0.29, 0.717) is 0 Å². The number of hydrogen-bond acceptors (Lipinski definition) is 11. The molecule has 1 aromatic rings. The SMILES string of the molecule is CC(=O)OCC1O[C@@H](Br)C(N=Cc2c(O)n(C)c(=O)n(C)c2=O)[C@@H](OC(C)=O)[C@H]1OC(C)=O. The molecule has 2 heterocycles. The summed E-state index contributed by atoms with van der Waals surface area (Å²) in [5, 5.41) is 9.30. The lowest BCUT2D eigenvalue weighted by atomic mass is 9.98. The second kappa shape index (κ2) is 10.7. The third-order valence-electron chi connectivity index (χ3n) is 4.70. The van der Waals surface area contributed by atoms with E-state index in [-0.39, 0.29) is 12.2 Å². The highest BCUT2D eigenvalue weighted by atomic mass is 79.9. The van der Waals surface area contributed by atoms with Gasteiger partial charge in [0.15, 0.2) is 12.2 Å². The molecule has 0 aromatic carbocycles. The molecule has 0 aliphatic carbocycles. The molecule has 1 fully saturated rings. The van der Waals surface area contributed by atoms with Gasteiger partial charge in [0.2, 0.25) is 5.88 Å². The number of rotatable bonds is 6. The maximum Gasteiger partial charge on any atom is 0.333 e. The number of hydrogen-bond donors (Lipinski definition) is 1. The zero-order valence-electron chi connectivity index (χ0n) is 18.5. The minimum Gasteiger partial charge on any atom is -0.494 e. The fraction of sp³-hybridized carbons (Fsp3) is 0.579. The number of halogens is 1. The van der Waals surface area contributed by atoms with Crippen LogP contribution in [0.3, 0.4) is 0 Å². The van der Waals surface area contributed by atoms with Crippen LogP contribution in [0.2, 0.25) is 0 Å². The first-order valence-electron chi connectivity index (χ1n) is 9.64. The lowest BCUT2D eigenvalue weighted by Gasteiger charge is -2.42. The average molecular weight is 534 g/mol. The minimum absolute atomic E-state index is 0.299. The van der Waals surface area contributed by atoms with E-state index in [9.17, 15) is 29.1 Å². The van der Waals surface area contributed by atoms with Gasteiger partial charge in [0.1, 0.15) is 29.3 Å². The molecule has 2 rings (SSSR count). The van der Waals surface area contributed by atoms with Crippen LogP contribution in [0.4, 0.5) is 0 Å². The minimum atomic E-state index is -1.21. The Labute approximate surface area is 196 Å². The van der Waals surface area contributed by atoms with Gasteiger partial charge in [-0.15, -0.1) is 0 Å². The van der Waals surface area contributed by atoms with Crippen molar-refractivity contribution in [1.82, 2.24) is 9.13 Å². The zero-order valence-corrected chi connectivity index (χ0v) is 20.1. The Morgan fingerprint density at radius 1 is 1.06 bits per heavy atom. The predicted octanol–water partition coefficient (Wildman–Crippen LogP) is -0.877. The Morgan fingerprint density at radius 3 is 2.18 bits per heavy atom. The summed E-state index contributed by atoms with van der Waals surface area (Å²) in [6.07, 6.45) is -2.41. The number of alkyl halides is 1. The zero-order chi connectivity index (χ0) is 25.0. The molecule has 33 heavy (non-hydrogen) atoms. The van der Waals surface area contributed by atoms with Crippen molar-refractivity contribution < 1.29 is 38.4 Å². The monoisotopic (exact) mass is 533 g/mol. The predicted molar refractivity (Wildman–Crippen MR) is 115 cm³/mol. The summed E-state index contributed by atoms with van der Waals surface area (Å²) in [6, 6.07) is -1.06. The summed E-state index contributed by atoms with van der Waals surface area (Å²) in [7, 11) is 2.50. The van der Waals surface area contributed by atoms with Gasteiger partial charge < -0.3 is 24.1 Å². The molecule has 182 valence electrons. The summed E-state index contributed by atoms with van der Waals surface area (Å²) < 4.78 is 23.0. The summed E-state index contributed by atoms with van der Waals surface area (Å²) >= 11 is 3.27. The molecule has 1 N–H and O–H groups in total. The summed E-state index contributed by atoms with van der Waals surface area (Å²) in [5.74, 6) is -2.65. The first-order chi connectivity index (χ1) is 15.3. The molecule has 0 bridgehead atoms. The molecule has 2 unspecified atom stereocenters. The van der Waals surface area contributed by atoms with E-state index in [4.69, 9.17) is 18.9 Å². The van der Waals surface area contributed by atoms with Crippen LogP contribution in [0.1, 0.15) is 26.3 Å². The lowest BCUT2D eigenvalue weighted by Crippen LogP contribution is -2.59. The standard InChI is InChI=1S/C19H24BrN3O10/c1-8(24)30-7-12-14(31-9(2)25)15(32-10(3)26)13(16(20)33-12)21-6-11-17(27)22(4)19(29)23(5)18(11)28/h6,12-16,27H,7H2,1-5H3/t12?,13?,14-,15+,16+/m0/s1. The molecule has 1 aromatic heterocycles. The first-order valence-corrected chi connectivity index (χ1v) is 10.6. The Balaban J connectivity index is 2.51. The fourth-order valence-electron chi connectivity index (χ4n) is 3.16. The summed E-state index contributed by atoms with van der Waals surface area (Å²) in [4.78, 5) is 63.3. The van der Waals surface area contributed by atoms with Gasteiger partial charge in [0.05, 0.1) is 0 Å². The maximum atomic E-state index is 12.4. The van der Waals surface area contributed by atoms with Crippen molar-refractivity contribution in [2.24, 2.45) is 19.1 Å². The van der Waals surface area contributed by atoms with E-state index in [1.54, 1.807) is 0 Å². The number of carbonyl (C=O) groups excluding carboxylic acids is 3. The van der Waals surface area contributed by atoms with Crippen LogP contribution in [0.25, 0.3) is 0 Å². The van der Waals surface area contributed by atoms with E-state index in [2.05, 4.69) is 20.9 Å². The van der Waals surface area contributed by atoms with Gasteiger partial charge in [-0.05, 0) is 0 Å². The Kier molecular flexibility index (Phi) is 8.55. The van der Waals surface area contributed by atoms with Gasteiger partial charge in [-0.25, -0.2) is 4.79 Å². The van der Waals surface area contributed by atoms with E-state index in [0.717, 1.165) is 29.2 Å². The Hall–Kier alpha value is -3.00. The normalized spacial score (nSPS) is 25.0. The van der Waals surface area contributed by atoms with Crippen molar-refractivity contribution >= 4 is 40.1 Å². The smallest absolute Gasteiger partial charge is 0.333 e. The van der Waals surface area contributed by atoms with E-state index in [1.165, 1.54) is 21.0 Å². The molecule has 1 aliphatic heterocycles. The van der Waals surface area contributed by atoms with E-state index < -0.39 is 64.4 Å². The van der Waals surface area contributed by atoms with Crippen LogP contribution in [0.15, 0.2) is 14.6 Å². The number of aliphatic imine (C=N–C) groups is 1. The van der Waals surface area contributed by atoms with Crippen molar-refractivity contribution in [3.05, 3.63) is 26.4 Å². The largest absolute Gasteiger partial charge is 0.494 e. The number of nitrogens with zero attached hydrogens (tertiary/aromatic N) is 3. The van der Waals surface area contributed by atoms with Crippen LogP contribution in [0.5, 0.6) is 5.88 Å². The van der Waals surface area contributed by atoms with Gasteiger partial charge >= 0.3 is 23.6 Å². The molecular formula is C19H24BrN3O10. The van der Waals surface area contributed by atoms with Gasteiger partial charge in [-0.2, -0.15) is 0 Å². The van der Waals surface area contributed by atoms with E-state index >= 15 is 0 Å². The highest BCUT2D eigenvalue weighted by Crippen LogP contribution is 2.31. The molecule has 0 amide bonds. The molecule has 1 aliphatic rings. The van der Waals surface area contributed by atoms with Crippen LogP contribution < -0.4 is 11.2 Å². The van der Waals surface area contributed by atoms with Crippen molar-refractivity contribution in [3.63, 3.8) is 0 Å². The number of aromatic nitrogens is 2. The van der Waals surface area contributed by atoms with Gasteiger partial charge in [-0.3, -0.25) is 33.3 Å². The van der Waals surface area contributed by atoms with Gasteiger partial charge in [-0.1, -0.05) is 15.9 Å². The first kappa shape index (κ1) is 26.3. The van der Waals surface area contributed by atoms with Crippen molar-refractivity contribution in [1.29, 1.82) is 0 Å². The van der Waals surface area contributed by atoms with Crippen LogP contribution in [-0.2, 0) is 47.4 Å². The average Bonchev–Trinajstić information content (AvgIpc) is 2.72. The summed E-state index contributed by atoms with van der Waals surface area (Å²) in [6.45, 7) is 3.16. The Morgan fingerprint density at radius 2 is 1.64 bits per heavy atom. The molecule has 1 saturated heterocycles. The number of carbonyl (C=O) groups is 3. The second-order valence-electron chi connectivity index (χ2n) is 7.19. The highest BCUT2D eigenvalue weighted by molar-refractivity contribution is 9.09. The lowest BCUT2D eigenvalue weighted by molar-refractivity contribution is -0.207. The van der Waals surface area contributed by atoms with Crippen molar-refractivity contribution in [3.8, 4) is 5.88 Å². The second-order valence-corrected chi connectivity index (χ2v) is 8.09. The fourth-order valence-corrected chi connectivity index (χ4v) is 3.88. The topological polar surface area (TPSA) is 165 Å². The molecule has 13 nitrogen and oxygen atoms in total. The van der Waals surface area contributed by atoms with Crippen LogP contribution >= 0.6 is 15.9 Å². The molecule has 0 spiro atoms. The number of esters is 3. The van der Waals surface area contributed by atoms with Gasteiger partial charge in [0.25, 0.3) is 5.56 Å². The van der Waals surface area contributed by atoms with Crippen LogP contribution in [0, 0.1) is 0 Å². The van der Waals surface area contributed by atoms with Crippen molar-refractivity contribution in [2.45, 2.75) is 50.1 Å². The van der Waals surface area contributed by atoms with E-state index in [1.807, 2.05) is 0 Å². The third kappa shape index (κ3) is 6.07. The van der Waals surface area contributed by atoms with Crippen LogP contribution in [-0.4, -0.2) is 74.3 Å². The molecule has 14 heteroatoms. The molecule has 0 saturated carbocycles. The number of ether oxygens (including phenoxy) is 4. The highest BCUT2D eigenvalue weighted by Gasteiger charge is 2.49. The Bertz CT molecular complexity index is 1080. The third-order valence-corrected chi connectivity index (χ3v) is 5.46. The maximum absolute atomic E-state index is 12.4.